The Hall–Kier alpha value is -3.32. The maximum absolute atomic E-state index is 13.3. The fraction of sp³-hybridized carbons (Fsp3) is 0.0952. The van der Waals surface area contributed by atoms with Crippen molar-refractivity contribution in [3.05, 3.63) is 86.8 Å². The second-order valence-corrected chi connectivity index (χ2v) is 7.31. The smallest absolute Gasteiger partial charge is 0.337 e. The Morgan fingerprint density at radius 3 is 2.46 bits per heavy atom. The summed E-state index contributed by atoms with van der Waals surface area (Å²) in [5.41, 5.74) is 2.05. The molecule has 140 valence electrons. The monoisotopic (exact) mass is 394 g/mol. The zero-order valence-corrected chi connectivity index (χ0v) is 15.7. The number of aromatic carboxylic acids is 1. The van der Waals surface area contributed by atoms with Crippen LogP contribution in [0, 0.1) is 12.7 Å². The molecule has 2 aromatic carbocycles. The van der Waals surface area contributed by atoms with Gasteiger partial charge in [-0.1, -0.05) is 42.0 Å². The van der Waals surface area contributed by atoms with Crippen molar-refractivity contribution in [2.45, 2.75) is 13.5 Å². The molecule has 0 fully saturated rings. The molecule has 0 bridgehead atoms. The molecule has 0 radical (unpaired) electrons. The quantitative estimate of drug-likeness (QED) is 0.560. The molecule has 5 nitrogen and oxygen atoms in total. The number of benzene rings is 2. The first-order valence-corrected chi connectivity index (χ1v) is 9.39. The van der Waals surface area contributed by atoms with Gasteiger partial charge >= 0.3 is 5.97 Å². The molecule has 0 amide bonds. The van der Waals surface area contributed by atoms with Crippen molar-refractivity contribution in [3.63, 3.8) is 0 Å². The molecular formula is C21H15FN2O3S. The summed E-state index contributed by atoms with van der Waals surface area (Å²) in [6.45, 7) is 2.12. The highest BCUT2D eigenvalue weighted by atomic mass is 32.1. The van der Waals surface area contributed by atoms with Crippen LogP contribution < -0.4 is 5.56 Å². The van der Waals surface area contributed by atoms with E-state index in [0.717, 1.165) is 22.5 Å². The molecule has 0 aliphatic rings. The third-order valence-corrected chi connectivity index (χ3v) is 5.36. The number of nitrogens with zero attached hydrogens (tertiary/aromatic N) is 2. The van der Waals surface area contributed by atoms with E-state index in [2.05, 4.69) is 4.98 Å². The van der Waals surface area contributed by atoms with E-state index in [1.807, 2.05) is 31.2 Å². The summed E-state index contributed by atoms with van der Waals surface area (Å²) in [5, 5.41) is 10.9. The number of fused-ring (bicyclic) bond motifs is 1. The first-order valence-electron chi connectivity index (χ1n) is 8.51. The van der Waals surface area contributed by atoms with Gasteiger partial charge in [-0.15, -0.1) is 11.3 Å². The maximum atomic E-state index is 13.3. The number of carboxylic acids is 1. The first-order chi connectivity index (χ1) is 13.4. The third kappa shape index (κ3) is 3.20. The molecule has 0 aliphatic carbocycles. The van der Waals surface area contributed by atoms with Gasteiger partial charge in [-0.2, -0.15) is 0 Å². The molecule has 4 rings (SSSR count). The van der Waals surface area contributed by atoms with Crippen LogP contribution in [0.5, 0.6) is 0 Å². The number of thiophene rings is 1. The van der Waals surface area contributed by atoms with Gasteiger partial charge in [-0.05, 0) is 24.6 Å². The van der Waals surface area contributed by atoms with E-state index >= 15 is 0 Å². The fourth-order valence-electron chi connectivity index (χ4n) is 3.02. The minimum Gasteiger partial charge on any atom is -0.478 e. The van der Waals surface area contributed by atoms with E-state index in [1.165, 1.54) is 22.1 Å². The lowest BCUT2D eigenvalue weighted by Gasteiger charge is -2.13. The van der Waals surface area contributed by atoms with E-state index in [-0.39, 0.29) is 23.3 Å². The van der Waals surface area contributed by atoms with Crippen LogP contribution in [0.4, 0.5) is 4.39 Å². The van der Waals surface area contributed by atoms with Crippen molar-refractivity contribution >= 4 is 27.5 Å². The Balaban J connectivity index is 1.98. The average molecular weight is 394 g/mol. The minimum atomic E-state index is -1.17. The molecule has 0 atom stereocenters. The highest BCUT2D eigenvalue weighted by Crippen LogP contribution is 2.26. The largest absolute Gasteiger partial charge is 0.478 e. The van der Waals surface area contributed by atoms with Gasteiger partial charge in [0, 0.05) is 10.9 Å². The number of aryl methyl sites for hydroxylation is 1. The second-order valence-electron chi connectivity index (χ2n) is 6.45. The number of hydrogen-bond acceptors (Lipinski definition) is 4. The molecule has 0 spiro atoms. The predicted octanol–water partition coefficient (Wildman–Crippen LogP) is 4.32. The van der Waals surface area contributed by atoms with Crippen molar-refractivity contribution in [1.82, 2.24) is 9.55 Å². The van der Waals surface area contributed by atoms with E-state index in [9.17, 15) is 19.1 Å². The highest BCUT2D eigenvalue weighted by molar-refractivity contribution is 7.17. The second kappa shape index (κ2) is 7.01. The molecule has 28 heavy (non-hydrogen) atoms. The molecule has 4 aromatic rings. The molecule has 0 saturated carbocycles. The van der Waals surface area contributed by atoms with Crippen molar-refractivity contribution in [3.8, 4) is 11.4 Å². The van der Waals surface area contributed by atoms with Crippen molar-refractivity contribution in [2.24, 2.45) is 0 Å². The van der Waals surface area contributed by atoms with Crippen LogP contribution in [0.2, 0.25) is 0 Å². The zero-order valence-electron chi connectivity index (χ0n) is 14.8. The summed E-state index contributed by atoms with van der Waals surface area (Å²) in [4.78, 5) is 29.7. The van der Waals surface area contributed by atoms with Gasteiger partial charge in [0.25, 0.3) is 5.56 Å². The zero-order chi connectivity index (χ0) is 19.8. The standard InChI is InChI=1S/C21H15FN2O3S/c1-12-2-6-14(7-3-12)18-23-19-17(16(11-28-19)21(26)27)20(25)24(18)10-13-4-8-15(22)9-5-13/h2-9,11H,10H2,1H3,(H,26,27). The van der Waals surface area contributed by atoms with Crippen LogP contribution >= 0.6 is 11.3 Å². The van der Waals surface area contributed by atoms with Gasteiger partial charge in [0.05, 0.1) is 17.5 Å². The molecular weight excluding hydrogens is 379 g/mol. The predicted molar refractivity (Wildman–Crippen MR) is 107 cm³/mol. The number of aromatic nitrogens is 2. The molecule has 0 aliphatic heterocycles. The SMILES string of the molecule is Cc1ccc(-c2nc3scc(C(=O)O)c3c(=O)n2Cc2ccc(F)cc2)cc1. The molecule has 2 heterocycles. The number of carbonyl (C=O) groups is 1. The van der Waals surface area contributed by atoms with Crippen LogP contribution in [-0.4, -0.2) is 20.6 Å². The number of carboxylic acid groups (broad SMARTS) is 1. The average Bonchev–Trinajstić information content (AvgIpc) is 3.11. The minimum absolute atomic E-state index is 0.0548. The Morgan fingerprint density at radius 1 is 1.14 bits per heavy atom. The van der Waals surface area contributed by atoms with Crippen LogP contribution in [0.25, 0.3) is 21.6 Å². The Labute approximate surface area is 163 Å². The molecule has 0 saturated heterocycles. The number of halogens is 1. The fourth-order valence-corrected chi connectivity index (χ4v) is 3.93. The topological polar surface area (TPSA) is 72.2 Å². The third-order valence-electron chi connectivity index (χ3n) is 4.49. The van der Waals surface area contributed by atoms with Crippen molar-refractivity contribution in [2.75, 3.05) is 0 Å². The van der Waals surface area contributed by atoms with Gasteiger partial charge in [-0.25, -0.2) is 14.2 Å². The molecule has 1 N–H and O–H groups in total. The van der Waals surface area contributed by atoms with Crippen LogP contribution in [-0.2, 0) is 6.54 Å². The van der Waals surface area contributed by atoms with Crippen LogP contribution in [0.3, 0.4) is 0 Å². The van der Waals surface area contributed by atoms with E-state index in [4.69, 9.17) is 0 Å². The van der Waals surface area contributed by atoms with Gasteiger partial charge in [-0.3, -0.25) is 9.36 Å². The van der Waals surface area contributed by atoms with Crippen molar-refractivity contribution in [1.29, 1.82) is 0 Å². The van der Waals surface area contributed by atoms with Gasteiger partial charge in [0.1, 0.15) is 16.5 Å². The Morgan fingerprint density at radius 2 is 1.82 bits per heavy atom. The molecule has 2 aromatic heterocycles. The Kier molecular flexibility index (Phi) is 4.52. The Bertz CT molecular complexity index is 1240. The summed E-state index contributed by atoms with van der Waals surface area (Å²) in [5.74, 6) is -1.09. The summed E-state index contributed by atoms with van der Waals surface area (Å²) in [7, 11) is 0. The van der Waals surface area contributed by atoms with E-state index in [1.54, 1.807) is 12.1 Å². The van der Waals surface area contributed by atoms with Gasteiger partial charge in [0.15, 0.2) is 0 Å². The van der Waals surface area contributed by atoms with E-state index < -0.39 is 11.5 Å². The highest BCUT2D eigenvalue weighted by Gasteiger charge is 2.20. The first kappa shape index (κ1) is 18.1. The van der Waals surface area contributed by atoms with E-state index in [0.29, 0.717) is 16.2 Å². The summed E-state index contributed by atoms with van der Waals surface area (Å²) < 4.78 is 14.7. The lowest BCUT2D eigenvalue weighted by atomic mass is 10.1. The normalized spacial score (nSPS) is 11.1. The lowest BCUT2D eigenvalue weighted by Crippen LogP contribution is -2.24. The summed E-state index contributed by atoms with van der Waals surface area (Å²) >= 11 is 1.13. The molecule has 7 heteroatoms. The van der Waals surface area contributed by atoms with Crippen molar-refractivity contribution < 1.29 is 14.3 Å². The van der Waals surface area contributed by atoms with Gasteiger partial charge < -0.3 is 5.11 Å². The number of hydrogen-bond donors (Lipinski definition) is 1. The van der Waals surface area contributed by atoms with Gasteiger partial charge in [0.2, 0.25) is 0 Å². The maximum Gasteiger partial charge on any atom is 0.337 e. The summed E-state index contributed by atoms with van der Waals surface area (Å²) in [6.07, 6.45) is 0. The lowest BCUT2D eigenvalue weighted by molar-refractivity contribution is 0.0699. The van der Waals surface area contributed by atoms with Crippen LogP contribution in [0.1, 0.15) is 21.5 Å². The molecule has 0 unspecified atom stereocenters. The summed E-state index contributed by atoms with van der Waals surface area (Å²) in [6, 6.07) is 13.4. The van der Waals surface area contributed by atoms with Crippen LogP contribution in [0.15, 0.2) is 58.7 Å². The number of rotatable bonds is 4.